The van der Waals surface area contributed by atoms with Crippen molar-refractivity contribution in [3.63, 3.8) is 0 Å². The molecule has 0 radical (unpaired) electrons. The van der Waals surface area contributed by atoms with Crippen molar-refractivity contribution < 1.29 is 4.74 Å². The summed E-state index contributed by atoms with van der Waals surface area (Å²) in [5.41, 5.74) is 1.23. The molecule has 1 atom stereocenters. The number of benzene rings is 2. The summed E-state index contributed by atoms with van der Waals surface area (Å²) in [6.45, 7) is 4.25. The van der Waals surface area contributed by atoms with Crippen LogP contribution in [0.4, 0.5) is 0 Å². The van der Waals surface area contributed by atoms with Crippen molar-refractivity contribution in [3.05, 3.63) is 65.5 Å². The lowest BCUT2D eigenvalue weighted by Crippen LogP contribution is -2.23. The molecule has 0 aliphatic heterocycles. The highest BCUT2D eigenvalue weighted by Gasteiger charge is 2.16. The minimum absolute atomic E-state index is 0.0703. The van der Waals surface area contributed by atoms with Crippen LogP contribution in [0.5, 0.6) is 5.75 Å². The monoisotopic (exact) mass is 593 g/mol. The fourth-order valence-corrected chi connectivity index (χ4v) is 4.62. The van der Waals surface area contributed by atoms with Crippen LogP contribution >= 0.6 is 47.8 Å². The minimum Gasteiger partial charge on any atom is -0.479 e. The van der Waals surface area contributed by atoms with Gasteiger partial charge in [0.1, 0.15) is 18.2 Å². The van der Waals surface area contributed by atoms with Crippen molar-refractivity contribution in [2.75, 3.05) is 6.61 Å². The van der Waals surface area contributed by atoms with Gasteiger partial charge in [-0.3, -0.25) is 4.79 Å². The number of fused-ring (bicyclic) bond motifs is 1. The second kappa shape index (κ2) is 9.90. The molecule has 5 nitrogen and oxygen atoms in total. The van der Waals surface area contributed by atoms with E-state index in [2.05, 4.69) is 65.7 Å². The fourth-order valence-electron chi connectivity index (χ4n) is 2.81. The zero-order valence-corrected chi connectivity index (χ0v) is 21.1. The molecule has 0 amide bonds. The second-order valence-electron chi connectivity index (χ2n) is 6.61. The molecule has 0 fully saturated rings. The van der Waals surface area contributed by atoms with Gasteiger partial charge in [0, 0.05) is 10.4 Å². The average molecular weight is 596 g/mol. The number of aromatic nitrogens is 2. The molecule has 8 heteroatoms. The first-order valence-corrected chi connectivity index (χ1v) is 11.6. The number of halogens is 3. The Morgan fingerprint density at radius 2 is 1.97 bits per heavy atom. The molecule has 0 aliphatic carbocycles. The second-order valence-corrected chi connectivity index (χ2v) is 9.23. The third-order valence-corrected chi connectivity index (χ3v) is 6.20. The van der Waals surface area contributed by atoms with Crippen molar-refractivity contribution >= 4 is 64.9 Å². The van der Waals surface area contributed by atoms with Gasteiger partial charge in [-0.2, -0.15) is 9.78 Å². The highest BCUT2D eigenvalue weighted by Crippen LogP contribution is 2.34. The van der Waals surface area contributed by atoms with Gasteiger partial charge in [0.25, 0.3) is 5.56 Å². The van der Waals surface area contributed by atoms with Gasteiger partial charge < -0.3 is 4.74 Å². The Hall–Kier alpha value is -1.95. The van der Waals surface area contributed by atoms with Gasteiger partial charge in [-0.1, -0.05) is 35.7 Å². The van der Waals surface area contributed by atoms with E-state index < -0.39 is 0 Å². The zero-order chi connectivity index (χ0) is 21.8. The van der Waals surface area contributed by atoms with Crippen molar-refractivity contribution in [3.8, 4) is 18.1 Å². The first-order chi connectivity index (χ1) is 14.3. The predicted molar refractivity (Wildman–Crippen MR) is 132 cm³/mol. The van der Waals surface area contributed by atoms with E-state index in [4.69, 9.17) is 16.1 Å². The largest absolute Gasteiger partial charge is 0.479 e. The lowest BCUT2D eigenvalue weighted by molar-refractivity contribution is 0.365. The molecule has 3 rings (SSSR count). The highest BCUT2D eigenvalue weighted by molar-refractivity contribution is 9.11. The van der Waals surface area contributed by atoms with E-state index in [1.165, 1.54) is 4.68 Å². The summed E-state index contributed by atoms with van der Waals surface area (Å²) in [4.78, 5) is 17.9. The van der Waals surface area contributed by atoms with Crippen molar-refractivity contribution in [2.45, 2.75) is 26.2 Å². The van der Waals surface area contributed by atoms with Gasteiger partial charge in [-0.15, -0.1) is 6.42 Å². The summed E-state index contributed by atoms with van der Waals surface area (Å²) in [6.07, 6.45) is 7.72. The van der Waals surface area contributed by atoms with E-state index in [9.17, 15) is 4.79 Å². The molecule has 0 aliphatic rings. The highest BCUT2D eigenvalue weighted by atomic mass is 79.9. The summed E-state index contributed by atoms with van der Waals surface area (Å²) < 4.78 is 9.18. The van der Waals surface area contributed by atoms with Crippen molar-refractivity contribution in [2.24, 2.45) is 5.10 Å². The Kier molecular flexibility index (Phi) is 7.50. The number of hydrogen-bond acceptors (Lipinski definition) is 4. The molecule has 0 bridgehead atoms. The molecule has 0 spiro atoms. The third kappa shape index (κ3) is 4.85. The number of ether oxygens (including phenoxy) is 1. The molecule has 0 N–H and O–H groups in total. The summed E-state index contributed by atoms with van der Waals surface area (Å²) in [5.74, 6) is 3.75. The summed E-state index contributed by atoms with van der Waals surface area (Å²) in [5, 5.41) is 4.99. The molecular weight excluding hydrogens is 578 g/mol. The number of hydrogen-bond donors (Lipinski definition) is 0. The quantitative estimate of drug-likeness (QED) is 0.256. The molecule has 0 unspecified atom stereocenters. The molecule has 3 aromatic rings. The predicted octanol–water partition coefficient (Wildman–Crippen LogP) is 6.09. The van der Waals surface area contributed by atoms with E-state index in [1.54, 1.807) is 12.3 Å². The van der Waals surface area contributed by atoms with Crippen LogP contribution in [0.25, 0.3) is 10.9 Å². The Morgan fingerprint density at radius 1 is 1.27 bits per heavy atom. The summed E-state index contributed by atoms with van der Waals surface area (Å²) in [7, 11) is 0. The molecule has 1 aromatic heterocycles. The van der Waals surface area contributed by atoms with Crippen LogP contribution in [0.1, 0.15) is 37.6 Å². The van der Waals surface area contributed by atoms with Gasteiger partial charge >= 0.3 is 0 Å². The molecular formula is C22H18Br3N3O2. The normalized spacial score (nSPS) is 12.3. The minimum atomic E-state index is -0.208. The first kappa shape index (κ1) is 22.7. The van der Waals surface area contributed by atoms with Gasteiger partial charge in [0.15, 0.2) is 0 Å². The van der Waals surface area contributed by atoms with E-state index in [0.29, 0.717) is 22.5 Å². The Balaban J connectivity index is 2.10. The Morgan fingerprint density at radius 3 is 2.60 bits per heavy atom. The van der Waals surface area contributed by atoms with Gasteiger partial charge in [0.2, 0.25) is 0 Å². The number of nitrogens with zero attached hydrogens (tertiary/aromatic N) is 3. The van der Waals surface area contributed by atoms with Crippen LogP contribution in [0.15, 0.2) is 53.6 Å². The smallest absolute Gasteiger partial charge is 0.282 e. The van der Waals surface area contributed by atoms with Crippen molar-refractivity contribution in [1.82, 2.24) is 9.66 Å². The van der Waals surface area contributed by atoms with Crippen molar-refractivity contribution in [1.29, 1.82) is 0 Å². The summed E-state index contributed by atoms with van der Waals surface area (Å²) in [6, 6.07) is 9.17. The van der Waals surface area contributed by atoms with E-state index in [0.717, 1.165) is 25.4 Å². The zero-order valence-electron chi connectivity index (χ0n) is 16.3. The number of terminal acetylenes is 1. The molecule has 154 valence electrons. The lowest BCUT2D eigenvalue weighted by atomic mass is 10.1. The van der Waals surface area contributed by atoms with Gasteiger partial charge in [-0.25, -0.2) is 4.98 Å². The fraction of sp³-hybridized carbons (Fsp3) is 0.227. The van der Waals surface area contributed by atoms with E-state index in [-0.39, 0.29) is 18.1 Å². The van der Waals surface area contributed by atoms with Crippen LogP contribution in [0.2, 0.25) is 0 Å². The van der Waals surface area contributed by atoms with Crippen LogP contribution < -0.4 is 10.3 Å². The van der Waals surface area contributed by atoms with Crippen LogP contribution in [-0.4, -0.2) is 22.5 Å². The molecule has 0 saturated carbocycles. The lowest BCUT2D eigenvalue weighted by Gasteiger charge is -2.14. The van der Waals surface area contributed by atoms with E-state index in [1.807, 2.05) is 31.2 Å². The van der Waals surface area contributed by atoms with Gasteiger partial charge in [0.05, 0.1) is 26.1 Å². The van der Waals surface area contributed by atoms with E-state index >= 15 is 0 Å². The van der Waals surface area contributed by atoms with Crippen LogP contribution in [0.3, 0.4) is 0 Å². The average Bonchev–Trinajstić information content (AvgIpc) is 2.72. The van der Waals surface area contributed by atoms with Crippen LogP contribution in [-0.2, 0) is 0 Å². The maximum Gasteiger partial charge on any atom is 0.282 e. The van der Waals surface area contributed by atoms with Gasteiger partial charge in [-0.05, 0) is 74.2 Å². The maximum atomic E-state index is 13.2. The maximum absolute atomic E-state index is 13.2. The topological polar surface area (TPSA) is 56.5 Å². The summed E-state index contributed by atoms with van der Waals surface area (Å²) >= 11 is 10.4. The Labute approximate surface area is 199 Å². The first-order valence-electron chi connectivity index (χ1n) is 9.17. The Bertz CT molecular complexity index is 1210. The molecule has 0 saturated heterocycles. The molecule has 30 heavy (non-hydrogen) atoms. The van der Waals surface area contributed by atoms with Crippen LogP contribution in [0, 0.1) is 12.3 Å². The number of rotatable bonds is 6. The molecule has 1 heterocycles. The standard InChI is InChI=1S/C22H18Br3N3O2/c1-4-8-30-20-17(24)9-14(10-18(20)25)12-26-28-21(13(3)5-2)27-19-7-6-15(23)11-16(19)22(28)29/h1,6-7,9-13H,5,8H2,2-3H3/t13-/m0/s1. The molecule has 2 aromatic carbocycles. The third-order valence-electron chi connectivity index (χ3n) is 4.53. The SMILES string of the molecule is C#CCOc1c(Br)cc(C=Nn2c([C@@H](C)CC)nc3ccc(Br)cc3c2=O)cc1Br.